The highest BCUT2D eigenvalue weighted by Crippen LogP contribution is 2.31. The van der Waals surface area contributed by atoms with Gasteiger partial charge in [0.1, 0.15) is 22.7 Å². The molecule has 1 aromatic rings. The quantitative estimate of drug-likeness (QED) is 0.210. The summed E-state index contributed by atoms with van der Waals surface area (Å²) in [5, 5.41) is 0.891. The molecule has 0 saturated carbocycles. The molecule has 0 amide bonds. The molecule has 0 aliphatic heterocycles. The maximum absolute atomic E-state index is 6.65. The van der Waals surface area contributed by atoms with Crippen LogP contribution in [0, 0.1) is 0 Å². The zero-order valence-electron chi connectivity index (χ0n) is 22.8. The van der Waals surface area contributed by atoms with E-state index in [1.807, 2.05) is 18.2 Å². The standard InChI is InChI=1S/C27H50O5Si/c1-10-17-26(6,7)31-23-15-16-25(24(22-23)32-27(8,9)18-11-2)33(28-19-12-3,29-20-13-4)30-21-14-5/h15-16,22H,10-14,17-21H2,1-9H3. The Morgan fingerprint density at radius 1 is 0.636 bits per heavy atom. The monoisotopic (exact) mass is 482 g/mol. The second-order valence-corrected chi connectivity index (χ2v) is 12.5. The van der Waals surface area contributed by atoms with E-state index in [-0.39, 0.29) is 11.2 Å². The zero-order chi connectivity index (χ0) is 25.0. The van der Waals surface area contributed by atoms with Crippen molar-refractivity contribution in [1.82, 2.24) is 0 Å². The van der Waals surface area contributed by atoms with E-state index in [0.29, 0.717) is 19.8 Å². The van der Waals surface area contributed by atoms with Gasteiger partial charge in [0.2, 0.25) is 0 Å². The van der Waals surface area contributed by atoms with E-state index in [2.05, 4.69) is 62.3 Å². The van der Waals surface area contributed by atoms with Gasteiger partial charge in [-0.1, -0.05) is 47.5 Å². The fourth-order valence-electron chi connectivity index (χ4n) is 3.89. The minimum atomic E-state index is -3.18. The van der Waals surface area contributed by atoms with Gasteiger partial charge in [0.25, 0.3) is 0 Å². The van der Waals surface area contributed by atoms with Gasteiger partial charge in [-0.15, -0.1) is 0 Å². The Hall–Kier alpha value is -1.08. The molecule has 192 valence electrons. The molecule has 0 fully saturated rings. The molecule has 0 heterocycles. The fraction of sp³-hybridized carbons (Fsp3) is 0.778. The smallest absolute Gasteiger partial charge is 0.488 e. The lowest BCUT2D eigenvalue weighted by Crippen LogP contribution is -2.58. The van der Waals surface area contributed by atoms with Crippen LogP contribution >= 0.6 is 0 Å². The largest absolute Gasteiger partial charge is 0.541 e. The molecular formula is C27H50O5Si. The van der Waals surface area contributed by atoms with Crippen LogP contribution in [-0.4, -0.2) is 39.8 Å². The van der Waals surface area contributed by atoms with Crippen LogP contribution in [0.25, 0.3) is 0 Å². The molecular weight excluding hydrogens is 432 g/mol. The average molecular weight is 483 g/mol. The third-order valence-electron chi connectivity index (χ3n) is 5.26. The van der Waals surface area contributed by atoms with E-state index in [0.717, 1.165) is 61.6 Å². The molecule has 0 aliphatic carbocycles. The first-order valence-corrected chi connectivity index (χ1v) is 14.8. The van der Waals surface area contributed by atoms with Crippen molar-refractivity contribution >= 4 is 14.0 Å². The summed E-state index contributed by atoms with van der Waals surface area (Å²) in [4.78, 5) is 0. The predicted molar refractivity (Wildman–Crippen MR) is 140 cm³/mol. The van der Waals surface area contributed by atoms with Crippen molar-refractivity contribution in [2.45, 2.75) is 118 Å². The van der Waals surface area contributed by atoms with Gasteiger partial charge in [-0.25, -0.2) is 0 Å². The van der Waals surface area contributed by atoms with Crippen molar-refractivity contribution in [3.63, 3.8) is 0 Å². The second kappa shape index (κ2) is 14.3. The van der Waals surface area contributed by atoms with Crippen LogP contribution in [-0.2, 0) is 13.3 Å². The number of hydrogen-bond donors (Lipinski definition) is 0. The first-order chi connectivity index (χ1) is 15.6. The number of benzene rings is 1. The van der Waals surface area contributed by atoms with E-state index >= 15 is 0 Å². The van der Waals surface area contributed by atoms with Gasteiger partial charge in [0.15, 0.2) is 0 Å². The molecule has 0 spiro atoms. The summed E-state index contributed by atoms with van der Waals surface area (Å²) in [5.41, 5.74) is -0.585. The van der Waals surface area contributed by atoms with Gasteiger partial charge >= 0.3 is 8.80 Å². The van der Waals surface area contributed by atoms with Crippen molar-refractivity contribution in [1.29, 1.82) is 0 Å². The van der Waals surface area contributed by atoms with E-state index in [4.69, 9.17) is 22.8 Å². The van der Waals surface area contributed by atoms with E-state index in [1.165, 1.54) is 0 Å². The van der Waals surface area contributed by atoms with Crippen molar-refractivity contribution < 1.29 is 22.8 Å². The Morgan fingerprint density at radius 3 is 1.52 bits per heavy atom. The van der Waals surface area contributed by atoms with Gasteiger partial charge in [0, 0.05) is 25.9 Å². The zero-order valence-corrected chi connectivity index (χ0v) is 23.8. The van der Waals surface area contributed by atoms with E-state index < -0.39 is 8.80 Å². The lowest BCUT2D eigenvalue weighted by molar-refractivity contribution is 0.0685. The first-order valence-electron chi connectivity index (χ1n) is 13.0. The third kappa shape index (κ3) is 9.97. The van der Waals surface area contributed by atoms with Crippen LogP contribution in [0.4, 0.5) is 0 Å². The predicted octanol–water partition coefficient (Wildman–Crippen LogP) is 7.03. The van der Waals surface area contributed by atoms with Gasteiger partial charge in [0.05, 0.1) is 5.19 Å². The van der Waals surface area contributed by atoms with Gasteiger partial charge in [-0.05, 0) is 71.9 Å². The Labute approximate surface area is 204 Å². The summed E-state index contributed by atoms with van der Waals surface area (Å²) in [6.07, 6.45) is 6.69. The molecule has 0 aromatic heterocycles. The summed E-state index contributed by atoms with van der Waals surface area (Å²) in [7, 11) is -3.18. The van der Waals surface area contributed by atoms with E-state index in [9.17, 15) is 0 Å². The molecule has 0 unspecified atom stereocenters. The Bertz CT molecular complexity index is 653. The molecule has 0 saturated heterocycles. The molecule has 0 N–H and O–H groups in total. The molecule has 6 heteroatoms. The second-order valence-electron chi connectivity index (χ2n) is 9.98. The number of rotatable bonds is 18. The van der Waals surface area contributed by atoms with Crippen molar-refractivity contribution in [2.24, 2.45) is 0 Å². The van der Waals surface area contributed by atoms with Crippen LogP contribution in [0.1, 0.15) is 107 Å². The summed E-state index contributed by atoms with van der Waals surface area (Å²) in [6.45, 7) is 20.9. The lowest BCUT2D eigenvalue weighted by Gasteiger charge is -2.34. The lowest BCUT2D eigenvalue weighted by atomic mass is 10.0. The molecule has 0 atom stereocenters. The highest BCUT2D eigenvalue weighted by molar-refractivity contribution is 6.76. The summed E-state index contributed by atoms with van der Waals surface area (Å²) in [5.74, 6) is 1.54. The summed E-state index contributed by atoms with van der Waals surface area (Å²) < 4.78 is 32.3. The SMILES string of the molecule is CCCO[Si](OCCC)(OCCC)c1ccc(OC(C)(C)CCC)cc1OC(C)(C)CCC. The topological polar surface area (TPSA) is 46.2 Å². The van der Waals surface area contributed by atoms with Gasteiger partial charge in [-0.3, -0.25) is 0 Å². The van der Waals surface area contributed by atoms with Crippen LogP contribution < -0.4 is 14.7 Å². The fourth-order valence-corrected chi connectivity index (χ4v) is 6.74. The maximum atomic E-state index is 6.65. The minimum Gasteiger partial charge on any atom is -0.488 e. The van der Waals surface area contributed by atoms with Crippen LogP contribution in [0.3, 0.4) is 0 Å². The Kier molecular flexibility index (Phi) is 13.0. The molecule has 33 heavy (non-hydrogen) atoms. The van der Waals surface area contributed by atoms with Gasteiger partial charge in [-0.2, -0.15) is 0 Å². The highest BCUT2D eigenvalue weighted by Gasteiger charge is 2.47. The molecule has 0 bridgehead atoms. The first kappa shape index (κ1) is 29.9. The minimum absolute atomic E-state index is 0.253. The molecule has 5 nitrogen and oxygen atoms in total. The van der Waals surface area contributed by atoms with E-state index in [1.54, 1.807) is 0 Å². The molecule has 0 radical (unpaired) electrons. The molecule has 1 aromatic carbocycles. The third-order valence-corrected chi connectivity index (χ3v) is 8.08. The Morgan fingerprint density at radius 2 is 1.09 bits per heavy atom. The van der Waals surface area contributed by atoms with Crippen molar-refractivity contribution in [2.75, 3.05) is 19.8 Å². The van der Waals surface area contributed by atoms with Crippen molar-refractivity contribution in [3.05, 3.63) is 18.2 Å². The summed E-state index contributed by atoms with van der Waals surface area (Å²) >= 11 is 0. The molecule has 0 aliphatic rings. The maximum Gasteiger partial charge on any atom is 0.541 e. The normalized spacial score (nSPS) is 12.8. The van der Waals surface area contributed by atoms with Gasteiger partial charge < -0.3 is 22.8 Å². The number of hydrogen-bond acceptors (Lipinski definition) is 5. The number of ether oxygens (including phenoxy) is 2. The summed E-state index contributed by atoms with van der Waals surface area (Å²) in [6, 6.07) is 6.06. The average Bonchev–Trinajstić information content (AvgIpc) is 2.73. The van der Waals surface area contributed by atoms with Crippen molar-refractivity contribution in [3.8, 4) is 11.5 Å². The highest BCUT2D eigenvalue weighted by atomic mass is 28.4. The van der Waals surface area contributed by atoms with Crippen LogP contribution in [0.5, 0.6) is 11.5 Å². The van der Waals surface area contributed by atoms with Crippen LogP contribution in [0.15, 0.2) is 18.2 Å². The van der Waals surface area contributed by atoms with Crippen LogP contribution in [0.2, 0.25) is 0 Å². The Balaban J connectivity index is 3.57. The molecule has 1 rings (SSSR count).